The molecule has 19 heavy (non-hydrogen) atoms. The highest BCUT2D eigenvalue weighted by Gasteiger charge is 2.24. The number of carbonyl (C=O) groups is 1. The molecule has 1 aromatic carbocycles. The fraction of sp³-hybridized carbons (Fsp3) is 0.462. The van der Waals surface area contributed by atoms with Gasteiger partial charge in [0, 0.05) is 25.4 Å². The molecule has 0 saturated carbocycles. The van der Waals surface area contributed by atoms with Gasteiger partial charge in [-0.25, -0.2) is 0 Å². The summed E-state index contributed by atoms with van der Waals surface area (Å²) in [7, 11) is 0. The van der Waals surface area contributed by atoms with Crippen molar-refractivity contribution in [2.45, 2.75) is 12.8 Å². The Kier molecular flexibility index (Phi) is 4.17. The highest BCUT2D eigenvalue weighted by Crippen LogP contribution is 2.34. The van der Waals surface area contributed by atoms with Gasteiger partial charge in [-0.05, 0) is 30.9 Å². The molecule has 5 N–H and O–H groups in total. The zero-order valence-corrected chi connectivity index (χ0v) is 11.4. The summed E-state index contributed by atoms with van der Waals surface area (Å²) < 4.78 is 0. The third-order valence-electron chi connectivity index (χ3n) is 3.54. The first-order chi connectivity index (χ1) is 9.02. The molecule has 0 atom stereocenters. The van der Waals surface area contributed by atoms with Gasteiger partial charge in [0.1, 0.15) is 0 Å². The lowest BCUT2D eigenvalue weighted by Gasteiger charge is -2.34. The van der Waals surface area contributed by atoms with E-state index in [1.807, 2.05) is 4.90 Å². The van der Waals surface area contributed by atoms with Crippen LogP contribution >= 0.6 is 11.6 Å². The summed E-state index contributed by atoms with van der Waals surface area (Å²) in [6, 6.07) is 3.18. The topological polar surface area (TPSA) is 92.6 Å². The van der Waals surface area contributed by atoms with Crippen molar-refractivity contribution in [1.82, 2.24) is 0 Å². The average molecular weight is 284 g/mol. The van der Waals surface area contributed by atoms with Gasteiger partial charge in [-0.1, -0.05) is 11.6 Å². The summed E-state index contributed by atoms with van der Waals surface area (Å²) in [6.45, 7) is 1.69. The van der Waals surface area contributed by atoms with Crippen molar-refractivity contribution in [3.05, 3.63) is 22.7 Å². The monoisotopic (exact) mass is 283 g/mol. The number of aliphatic hydroxyl groups excluding tert-OH is 1. The molecule has 1 amide bonds. The van der Waals surface area contributed by atoms with E-state index in [1.54, 1.807) is 12.1 Å². The van der Waals surface area contributed by atoms with Crippen LogP contribution in [0.3, 0.4) is 0 Å². The molecule has 0 bridgehead atoms. The van der Waals surface area contributed by atoms with Crippen LogP contribution in [0.5, 0.6) is 0 Å². The molecule has 1 fully saturated rings. The fourth-order valence-corrected chi connectivity index (χ4v) is 2.82. The average Bonchev–Trinajstić information content (AvgIpc) is 2.38. The number of benzene rings is 1. The predicted molar refractivity (Wildman–Crippen MR) is 76.4 cm³/mol. The molecule has 0 radical (unpaired) electrons. The molecule has 104 valence electrons. The van der Waals surface area contributed by atoms with Crippen LogP contribution in [0.2, 0.25) is 5.02 Å². The lowest BCUT2D eigenvalue weighted by atomic mass is 9.96. The van der Waals surface area contributed by atoms with Crippen molar-refractivity contribution in [2.24, 2.45) is 11.7 Å². The van der Waals surface area contributed by atoms with E-state index in [0.29, 0.717) is 27.9 Å². The number of nitrogens with zero attached hydrogens (tertiary/aromatic N) is 1. The van der Waals surface area contributed by atoms with E-state index in [4.69, 9.17) is 28.2 Å². The summed E-state index contributed by atoms with van der Waals surface area (Å²) >= 11 is 6.20. The maximum Gasteiger partial charge on any atom is 0.250 e. The Hall–Kier alpha value is -1.46. The van der Waals surface area contributed by atoms with Crippen LogP contribution < -0.4 is 16.4 Å². The normalized spacial score (nSPS) is 16.6. The van der Waals surface area contributed by atoms with Gasteiger partial charge in [0.15, 0.2) is 0 Å². The Labute approximate surface area is 117 Å². The lowest BCUT2D eigenvalue weighted by molar-refractivity contribution is 0.100. The Morgan fingerprint density at radius 2 is 2.05 bits per heavy atom. The maximum atomic E-state index is 11.5. The summed E-state index contributed by atoms with van der Waals surface area (Å²) in [5, 5.41) is 9.59. The van der Waals surface area contributed by atoms with Gasteiger partial charge >= 0.3 is 0 Å². The second-order valence-electron chi connectivity index (χ2n) is 4.88. The van der Waals surface area contributed by atoms with E-state index < -0.39 is 5.91 Å². The number of piperidine rings is 1. The number of hydrogen-bond donors (Lipinski definition) is 3. The zero-order chi connectivity index (χ0) is 14.0. The number of carbonyl (C=O) groups excluding carboxylic acids is 1. The molecule has 0 aliphatic carbocycles. The van der Waals surface area contributed by atoms with Crippen molar-refractivity contribution in [3.63, 3.8) is 0 Å². The molecule has 6 heteroatoms. The van der Waals surface area contributed by atoms with Gasteiger partial charge < -0.3 is 21.5 Å². The molecular weight excluding hydrogens is 266 g/mol. The van der Waals surface area contributed by atoms with E-state index in [2.05, 4.69) is 0 Å². The van der Waals surface area contributed by atoms with Gasteiger partial charge in [0.05, 0.1) is 16.3 Å². The number of nitrogens with two attached hydrogens (primary N) is 2. The molecule has 5 nitrogen and oxygen atoms in total. The summed E-state index contributed by atoms with van der Waals surface area (Å²) in [5.41, 5.74) is 12.5. The third-order valence-corrected chi connectivity index (χ3v) is 3.83. The quantitative estimate of drug-likeness (QED) is 0.728. The van der Waals surface area contributed by atoms with Crippen molar-refractivity contribution in [1.29, 1.82) is 0 Å². The second kappa shape index (κ2) is 5.67. The van der Waals surface area contributed by atoms with Crippen LogP contribution in [0, 0.1) is 5.92 Å². The van der Waals surface area contributed by atoms with E-state index in [-0.39, 0.29) is 6.61 Å². The van der Waals surface area contributed by atoms with Gasteiger partial charge in [-0.3, -0.25) is 4.79 Å². The molecular formula is C13H18ClN3O2. The zero-order valence-electron chi connectivity index (χ0n) is 10.6. The molecule has 1 aliphatic heterocycles. The number of amides is 1. The van der Waals surface area contributed by atoms with E-state index in [9.17, 15) is 4.79 Å². The summed E-state index contributed by atoms with van der Waals surface area (Å²) in [4.78, 5) is 13.6. The van der Waals surface area contributed by atoms with E-state index in [0.717, 1.165) is 25.9 Å². The van der Waals surface area contributed by atoms with Crippen LogP contribution in [0.25, 0.3) is 0 Å². The Balaban J connectivity index is 2.32. The highest BCUT2D eigenvalue weighted by atomic mass is 35.5. The third kappa shape index (κ3) is 2.93. The SMILES string of the molecule is NC(=O)c1cc(N)cc(Cl)c1N1CCC(CO)CC1. The standard InChI is InChI=1S/C13H18ClN3O2/c14-11-6-9(15)5-10(13(16)19)12(11)17-3-1-8(7-18)2-4-17/h5-6,8,18H,1-4,7,15H2,(H2,16,19). The number of aliphatic hydroxyl groups is 1. The van der Waals surface area contributed by atoms with Crippen molar-refractivity contribution >= 4 is 28.9 Å². The van der Waals surface area contributed by atoms with Crippen molar-refractivity contribution < 1.29 is 9.90 Å². The minimum absolute atomic E-state index is 0.200. The first-order valence-corrected chi connectivity index (χ1v) is 6.65. The first kappa shape index (κ1) is 14.0. The molecule has 1 aliphatic rings. The number of halogens is 1. The van der Waals surface area contributed by atoms with Crippen LogP contribution in [0.15, 0.2) is 12.1 Å². The lowest BCUT2D eigenvalue weighted by Crippen LogP contribution is -2.36. The van der Waals surface area contributed by atoms with E-state index in [1.165, 1.54) is 0 Å². The summed E-state index contributed by atoms with van der Waals surface area (Å²) in [5.74, 6) is -0.214. The highest BCUT2D eigenvalue weighted by molar-refractivity contribution is 6.34. The van der Waals surface area contributed by atoms with Crippen LogP contribution in [0.1, 0.15) is 23.2 Å². The van der Waals surface area contributed by atoms with Crippen molar-refractivity contribution in [3.8, 4) is 0 Å². The number of hydrogen-bond acceptors (Lipinski definition) is 4. The number of nitrogen functional groups attached to an aromatic ring is 1. The number of primary amides is 1. The maximum absolute atomic E-state index is 11.5. The van der Waals surface area contributed by atoms with Gasteiger partial charge in [0.25, 0.3) is 5.91 Å². The van der Waals surface area contributed by atoms with Crippen LogP contribution in [-0.4, -0.2) is 30.7 Å². The Bertz CT molecular complexity index is 485. The first-order valence-electron chi connectivity index (χ1n) is 6.27. The molecule has 2 rings (SSSR count). The molecule has 0 aromatic heterocycles. The van der Waals surface area contributed by atoms with Gasteiger partial charge in [-0.15, -0.1) is 0 Å². The van der Waals surface area contributed by atoms with Crippen molar-refractivity contribution in [2.75, 3.05) is 30.3 Å². The number of anilines is 2. The van der Waals surface area contributed by atoms with Gasteiger partial charge in [-0.2, -0.15) is 0 Å². The van der Waals surface area contributed by atoms with Crippen LogP contribution in [0.4, 0.5) is 11.4 Å². The van der Waals surface area contributed by atoms with Crippen LogP contribution in [-0.2, 0) is 0 Å². The Morgan fingerprint density at radius 3 is 2.58 bits per heavy atom. The molecule has 1 saturated heterocycles. The largest absolute Gasteiger partial charge is 0.399 e. The molecule has 0 unspecified atom stereocenters. The fourth-order valence-electron chi connectivity index (χ4n) is 2.47. The predicted octanol–water partition coefficient (Wildman–Crippen LogP) is 1.23. The second-order valence-corrected chi connectivity index (χ2v) is 5.28. The Morgan fingerprint density at radius 1 is 1.42 bits per heavy atom. The molecule has 1 aromatic rings. The van der Waals surface area contributed by atoms with E-state index >= 15 is 0 Å². The van der Waals surface area contributed by atoms with Gasteiger partial charge in [0.2, 0.25) is 0 Å². The number of rotatable bonds is 3. The summed E-state index contributed by atoms with van der Waals surface area (Å²) in [6.07, 6.45) is 1.74. The smallest absolute Gasteiger partial charge is 0.250 e. The molecule has 0 spiro atoms. The minimum Gasteiger partial charge on any atom is -0.399 e. The molecule has 1 heterocycles. The minimum atomic E-state index is -0.534.